The van der Waals surface area contributed by atoms with Crippen LogP contribution in [0.5, 0.6) is 0 Å². The standard InChI is InChI=1S/C18H18N2OS2/c1-12-7-8-14-15(10-19)18(23-16(14)9-12)20-17(21)11-22-13-5-3-2-4-6-13/h2-6,12H,7-9,11H2,1H3,(H,20,21). The van der Waals surface area contributed by atoms with Crippen LogP contribution in [0.3, 0.4) is 0 Å². The first kappa shape index (κ1) is 16.1. The molecule has 2 aromatic rings. The van der Waals surface area contributed by atoms with Crippen molar-refractivity contribution >= 4 is 34.0 Å². The van der Waals surface area contributed by atoms with E-state index in [1.807, 2.05) is 30.3 Å². The third-order valence-corrected chi connectivity index (χ3v) is 6.17. The summed E-state index contributed by atoms with van der Waals surface area (Å²) < 4.78 is 0. The van der Waals surface area contributed by atoms with Gasteiger partial charge in [0.1, 0.15) is 11.1 Å². The predicted octanol–water partition coefficient (Wildman–Crippen LogP) is 4.48. The van der Waals surface area contributed by atoms with E-state index in [9.17, 15) is 10.1 Å². The average molecular weight is 342 g/mol. The van der Waals surface area contributed by atoms with Gasteiger partial charge in [0, 0.05) is 9.77 Å². The van der Waals surface area contributed by atoms with Gasteiger partial charge in [0.25, 0.3) is 0 Å². The van der Waals surface area contributed by atoms with Gasteiger partial charge in [0.2, 0.25) is 5.91 Å². The van der Waals surface area contributed by atoms with Crippen LogP contribution in [0.25, 0.3) is 0 Å². The lowest BCUT2D eigenvalue weighted by molar-refractivity contribution is -0.113. The fraction of sp³-hybridized carbons (Fsp3) is 0.333. The molecule has 1 aromatic heterocycles. The SMILES string of the molecule is CC1CCc2c(sc(NC(=O)CSc3ccccc3)c2C#N)C1. The van der Waals surface area contributed by atoms with Gasteiger partial charge in [-0.25, -0.2) is 0 Å². The lowest BCUT2D eigenvalue weighted by Gasteiger charge is -2.17. The Balaban J connectivity index is 1.68. The number of nitrogens with zero attached hydrogens (tertiary/aromatic N) is 1. The summed E-state index contributed by atoms with van der Waals surface area (Å²) in [6, 6.07) is 12.1. The largest absolute Gasteiger partial charge is 0.316 e. The Kier molecular flexibility index (Phi) is 5.04. The Bertz CT molecular complexity index is 746. The molecule has 1 aromatic carbocycles. The maximum atomic E-state index is 12.2. The fourth-order valence-electron chi connectivity index (χ4n) is 2.79. The number of amides is 1. The van der Waals surface area contributed by atoms with E-state index < -0.39 is 0 Å². The Morgan fingerprint density at radius 3 is 2.96 bits per heavy atom. The van der Waals surface area contributed by atoms with Crippen molar-refractivity contribution in [3.63, 3.8) is 0 Å². The van der Waals surface area contributed by atoms with Crippen LogP contribution >= 0.6 is 23.1 Å². The van der Waals surface area contributed by atoms with Crippen molar-refractivity contribution in [2.75, 3.05) is 11.1 Å². The first-order chi connectivity index (χ1) is 11.2. The molecule has 1 aliphatic rings. The number of thiophene rings is 1. The van der Waals surface area contributed by atoms with Crippen molar-refractivity contribution in [3.8, 4) is 6.07 Å². The molecule has 3 rings (SSSR count). The van der Waals surface area contributed by atoms with E-state index >= 15 is 0 Å². The molecule has 1 atom stereocenters. The summed E-state index contributed by atoms with van der Waals surface area (Å²) in [6.45, 7) is 2.24. The molecule has 3 nitrogen and oxygen atoms in total. The summed E-state index contributed by atoms with van der Waals surface area (Å²) in [5.74, 6) is 0.959. The fourth-order valence-corrected chi connectivity index (χ4v) is 4.88. The number of anilines is 1. The predicted molar refractivity (Wildman–Crippen MR) is 96.0 cm³/mol. The van der Waals surface area contributed by atoms with Gasteiger partial charge in [-0.15, -0.1) is 23.1 Å². The van der Waals surface area contributed by atoms with E-state index in [1.54, 1.807) is 11.3 Å². The molecule has 1 amide bonds. The first-order valence-corrected chi connectivity index (χ1v) is 9.50. The molecule has 0 saturated carbocycles. The Hall–Kier alpha value is -1.77. The van der Waals surface area contributed by atoms with Crippen molar-refractivity contribution in [1.82, 2.24) is 0 Å². The molecule has 0 radical (unpaired) electrons. The number of hydrogen-bond donors (Lipinski definition) is 1. The topological polar surface area (TPSA) is 52.9 Å². The van der Waals surface area contributed by atoms with Crippen LogP contribution in [-0.2, 0) is 17.6 Å². The van der Waals surface area contributed by atoms with Crippen LogP contribution < -0.4 is 5.32 Å². The van der Waals surface area contributed by atoms with Gasteiger partial charge >= 0.3 is 0 Å². The van der Waals surface area contributed by atoms with Crippen LogP contribution in [0.15, 0.2) is 35.2 Å². The quantitative estimate of drug-likeness (QED) is 0.834. The number of benzene rings is 1. The summed E-state index contributed by atoms with van der Waals surface area (Å²) in [5, 5.41) is 13.1. The zero-order valence-corrected chi connectivity index (χ0v) is 14.6. The van der Waals surface area contributed by atoms with Gasteiger partial charge < -0.3 is 5.32 Å². The zero-order valence-electron chi connectivity index (χ0n) is 13.0. The van der Waals surface area contributed by atoms with Gasteiger partial charge in [-0.2, -0.15) is 5.26 Å². The van der Waals surface area contributed by atoms with Crippen LogP contribution in [0.4, 0.5) is 5.00 Å². The lowest BCUT2D eigenvalue weighted by atomic mass is 9.89. The number of fused-ring (bicyclic) bond motifs is 1. The average Bonchev–Trinajstić information content (AvgIpc) is 2.89. The van der Waals surface area contributed by atoms with Gasteiger partial charge in [-0.3, -0.25) is 4.79 Å². The molecule has 118 valence electrons. The van der Waals surface area contributed by atoms with Gasteiger partial charge in [-0.1, -0.05) is 25.1 Å². The third-order valence-electron chi connectivity index (χ3n) is 3.99. The molecule has 1 heterocycles. The van der Waals surface area contributed by atoms with Crippen molar-refractivity contribution < 1.29 is 4.79 Å². The minimum Gasteiger partial charge on any atom is -0.316 e. The molecule has 1 aliphatic carbocycles. The molecule has 5 heteroatoms. The number of carbonyl (C=O) groups is 1. The molecule has 1 N–H and O–H groups in total. The van der Waals surface area contributed by atoms with Crippen molar-refractivity contribution in [2.45, 2.75) is 31.1 Å². The Labute approximate surface area is 144 Å². The molecule has 1 unspecified atom stereocenters. The number of nitrogens with one attached hydrogen (secondary N) is 1. The number of rotatable bonds is 4. The molecule has 0 spiro atoms. The lowest BCUT2D eigenvalue weighted by Crippen LogP contribution is -2.14. The second kappa shape index (κ2) is 7.20. The highest BCUT2D eigenvalue weighted by Gasteiger charge is 2.24. The van der Waals surface area contributed by atoms with E-state index in [4.69, 9.17) is 0 Å². The first-order valence-electron chi connectivity index (χ1n) is 7.69. The van der Waals surface area contributed by atoms with Gasteiger partial charge in [0.05, 0.1) is 11.3 Å². The van der Waals surface area contributed by atoms with Crippen molar-refractivity contribution in [3.05, 3.63) is 46.3 Å². The van der Waals surface area contributed by atoms with E-state index in [-0.39, 0.29) is 5.91 Å². The van der Waals surface area contributed by atoms with Crippen LogP contribution in [-0.4, -0.2) is 11.7 Å². The summed E-state index contributed by atoms with van der Waals surface area (Å²) in [7, 11) is 0. The van der Waals surface area contributed by atoms with Crippen LogP contribution in [0.2, 0.25) is 0 Å². The summed E-state index contributed by atoms with van der Waals surface area (Å²) in [6.07, 6.45) is 3.09. The van der Waals surface area contributed by atoms with Crippen molar-refractivity contribution in [2.24, 2.45) is 5.92 Å². The highest BCUT2D eigenvalue weighted by molar-refractivity contribution is 8.00. The van der Waals surface area contributed by atoms with Gasteiger partial charge in [-0.05, 0) is 42.9 Å². The second-order valence-corrected chi connectivity index (χ2v) is 7.97. The van der Waals surface area contributed by atoms with E-state index in [2.05, 4.69) is 18.3 Å². The maximum absolute atomic E-state index is 12.2. The van der Waals surface area contributed by atoms with E-state index in [0.29, 0.717) is 17.2 Å². The molecule has 0 aliphatic heterocycles. The van der Waals surface area contributed by atoms with Crippen LogP contribution in [0, 0.1) is 17.2 Å². The molecule has 0 bridgehead atoms. The smallest absolute Gasteiger partial charge is 0.235 e. The van der Waals surface area contributed by atoms with E-state index in [0.717, 1.165) is 34.7 Å². The minimum absolute atomic E-state index is 0.0537. The monoisotopic (exact) mass is 342 g/mol. The molecule has 0 fully saturated rings. The normalized spacial score (nSPS) is 16.4. The Morgan fingerprint density at radius 1 is 1.43 bits per heavy atom. The number of nitriles is 1. The Morgan fingerprint density at radius 2 is 2.22 bits per heavy atom. The van der Waals surface area contributed by atoms with E-state index in [1.165, 1.54) is 16.6 Å². The summed E-state index contributed by atoms with van der Waals surface area (Å²) >= 11 is 3.08. The molecule has 23 heavy (non-hydrogen) atoms. The zero-order chi connectivity index (χ0) is 16.2. The van der Waals surface area contributed by atoms with Crippen LogP contribution in [0.1, 0.15) is 29.3 Å². The minimum atomic E-state index is -0.0537. The second-order valence-electron chi connectivity index (χ2n) is 5.82. The van der Waals surface area contributed by atoms with Crippen molar-refractivity contribution in [1.29, 1.82) is 5.26 Å². The maximum Gasteiger partial charge on any atom is 0.235 e. The molecule has 0 saturated heterocycles. The number of thioether (sulfide) groups is 1. The molecular weight excluding hydrogens is 324 g/mol. The highest BCUT2D eigenvalue weighted by Crippen LogP contribution is 2.39. The molecular formula is C18H18N2OS2. The summed E-state index contributed by atoms with van der Waals surface area (Å²) in [5.41, 5.74) is 1.83. The summed E-state index contributed by atoms with van der Waals surface area (Å²) in [4.78, 5) is 14.5. The van der Waals surface area contributed by atoms with Gasteiger partial charge in [0.15, 0.2) is 0 Å². The third kappa shape index (κ3) is 3.77. The highest BCUT2D eigenvalue weighted by atomic mass is 32.2. The number of hydrogen-bond acceptors (Lipinski definition) is 4. The number of carbonyl (C=O) groups excluding carboxylic acids is 1.